The topological polar surface area (TPSA) is 86.7 Å². The van der Waals surface area contributed by atoms with Crippen LogP contribution in [0, 0.1) is 0 Å². The zero-order chi connectivity index (χ0) is 24.2. The van der Waals surface area contributed by atoms with Gasteiger partial charge in [0.25, 0.3) is 11.8 Å². The Morgan fingerprint density at radius 3 is 1.79 bits per heavy atom. The third-order valence-electron chi connectivity index (χ3n) is 5.90. The normalized spacial score (nSPS) is 11.0. The first-order valence-electron chi connectivity index (χ1n) is 10.8. The van der Waals surface area contributed by atoms with E-state index in [1.54, 1.807) is 12.1 Å². The number of amides is 2. The van der Waals surface area contributed by atoms with Gasteiger partial charge in [-0.3, -0.25) is 9.59 Å². The Bertz CT molecular complexity index is 1150. The summed E-state index contributed by atoms with van der Waals surface area (Å²) in [7, 11) is 1.48. The Balaban J connectivity index is 1.69. The summed E-state index contributed by atoms with van der Waals surface area (Å²) in [6.45, 7) is 5.05. The number of rotatable bonds is 7. The number of nitrogens with one attached hydrogen (secondary N) is 1. The molecule has 6 heteroatoms. The molecule has 0 saturated heterocycles. The summed E-state index contributed by atoms with van der Waals surface area (Å²) in [5.41, 5.74) is 3.40. The number of carbonyl (C=O) groups is 3. The molecule has 0 unspecified atom stereocenters. The van der Waals surface area contributed by atoms with Gasteiger partial charge < -0.3 is 15.3 Å². The fraction of sp³-hybridized carbons (Fsp3) is 0.222. The van der Waals surface area contributed by atoms with Crippen LogP contribution in [0.3, 0.4) is 0 Å². The Hall–Kier alpha value is -3.93. The summed E-state index contributed by atoms with van der Waals surface area (Å²) in [5.74, 6) is -1.60. The highest BCUT2D eigenvalue weighted by atomic mass is 16.4. The number of aryl methyl sites for hydroxylation is 1. The Kier molecular flexibility index (Phi) is 6.97. The molecule has 6 nitrogen and oxygen atoms in total. The van der Waals surface area contributed by atoms with Gasteiger partial charge in [0, 0.05) is 23.9 Å². The number of hydrogen-bond donors (Lipinski definition) is 2. The van der Waals surface area contributed by atoms with Crippen LogP contribution < -0.4 is 5.32 Å². The molecule has 3 aromatic carbocycles. The van der Waals surface area contributed by atoms with Crippen molar-refractivity contribution in [2.75, 3.05) is 12.4 Å². The van der Waals surface area contributed by atoms with Gasteiger partial charge in [0.05, 0.1) is 0 Å². The van der Waals surface area contributed by atoms with Crippen molar-refractivity contribution < 1.29 is 19.5 Å². The lowest BCUT2D eigenvalue weighted by Crippen LogP contribution is -2.50. The van der Waals surface area contributed by atoms with E-state index >= 15 is 0 Å². The van der Waals surface area contributed by atoms with Crippen molar-refractivity contribution in [3.63, 3.8) is 0 Å². The van der Waals surface area contributed by atoms with E-state index in [1.807, 2.05) is 60.7 Å². The van der Waals surface area contributed by atoms with E-state index < -0.39 is 11.5 Å². The lowest BCUT2D eigenvalue weighted by molar-refractivity contribution is -0.147. The number of aliphatic carboxylic acids is 1. The zero-order valence-corrected chi connectivity index (χ0v) is 19.3. The maximum atomic E-state index is 12.7. The minimum absolute atomic E-state index is 0.165. The number of carboxylic acid groups (broad SMARTS) is 1. The molecule has 2 amide bonds. The molecule has 33 heavy (non-hydrogen) atoms. The first kappa shape index (κ1) is 23.7. The molecule has 0 aromatic heterocycles. The molecule has 0 saturated carbocycles. The molecule has 0 radical (unpaired) electrons. The van der Waals surface area contributed by atoms with Crippen molar-refractivity contribution in [1.29, 1.82) is 0 Å². The molecular formula is C27H28N2O4. The van der Waals surface area contributed by atoms with Gasteiger partial charge in [0.1, 0.15) is 5.54 Å². The zero-order valence-electron chi connectivity index (χ0n) is 19.3. The van der Waals surface area contributed by atoms with Crippen molar-refractivity contribution in [2.45, 2.75) is 32.7 Å². The molecule has 170 valence electrons. The van der Waals surface area contributed by atoms with Crippen LogP contribution in [-0.2, 0) is 11.2 Å². The van der Waals surface area contributed by atoms with E-state index in [0.29, 0.717) is 16.8 Å². The highest BCUT2D eigenvalue weighted by Gasteiger charge is 2.35. The molecule has 2 N–H and O–H groups in total. The minimum atomic E-state index is -1.31. The fourth-order valence-electron chi connectivity index (χ4n) is 3.24. The van der Waals surface area contributed by atoms with Crippen LogP contribution in [0.2, 0.25) is 0 Å². The molecular weight excluding hydrogens is 416 g/mol. The number of carbonyl (C=O) groups excluding carboxylic acids is 2. The number of hydrogen-bond acceptors (Lipinski definition) is 3. The van der Waals surface area contributed by atoms with Crippen LogP contribution in [0.4, 0.5) is 5.69 Å². The largest absolute Gasteiger partial charge is 0.480 e. The second-order valence-electron chi connectivity index (χ2n) is 8.39. The van der Waals surface area contributed by atoms with Crippen LogP contribution in [0.15, 0.2) is 72.8 Å². The highest BCUT2D eigenvalue weighted by Crippen LogP contribution is 2.24. The van der Waals surface area contributed by atoms with Gasteiger partial charge >= 0.3 is 5.97 Å². The second kappa shape index (κ2) is 9.69. The lowest BCUT2D eigenvalue weighted by Gasteiger charge is -2.31. The second-order valence-corrected chi connectivity index (χ2v) is 8.39. The minimum Gasteiger partial charge on any atom is -0.480 e. The average Bonchev–Trinajstić information content (AvgIpc) is 2.83. The Morgan fingerprint density at radius 1 is 0.818 bits per heavy atom. The van der Waals surface area contributed by atoms with E-state index in [9.17, 15) is 19.5 Å². The molecule has 3 aromatic rings. The molecule has 0 atom stereocenters. The van der Waals surface area contributed by atoms with Gasteiger partial charge in [-0.2, -0.15) is 0 Å². The van der Waals surface area contributed by atoms with Crippen molar-refractivity contribution in [3.05, 3.63) is 89.5 Å². The van der Waals surface area contributed by atoms with E-state index in [-0.39, 0.29) is 11.8 Å². The van der Waals surface area contributed by atoms with Gasteiger partial charge in [0.15, 0.2) is 0 Å². The molecule has 0 bridgehead atoms. The molecule has 0 aliphatic heterocycles. The maximum absolute atomic E-state index is 12.7. The van der Waals surface area contributed by atoms with E-state index in [4.69, 9.17) is 0 Å². The summed E-state index contributed by atoms with van der Waals surface area (Å²) < 4.78 is 0. The number of benzene rings is 3. The third kappa shape index (κ3) is 5.29. The first-order chi connectivity index (χ1) is 15.6. The van der Waals surface area contributed by atoms with E-state index in [2.05, 4.69) is 12.2 Å². The Morgan fingerprint density at radius 2 is 1.30 bits per heavy atom. The molecule has 3 rings (SSSR count). The SMILES string of the molecule is CCc1ccc(C(=O)Nc2ccc(-c3ccc(C(=O)N(C)C(C)(C)C(=O)O)cc3)cc2)cc1. The number of anilines is 1. The van der Waals surface area contributed by atoms with Crippen molar-refractivity contribution in [3.8, 4) is 11.1 Å². The average molecular weight is 445 g/mol. The van der Waals surface area contributed by atoms with Crippen molar-refractivity contribution in [2.24, 2.45) is 0 Å². The highest BCUT2D eigenvalue weighted by molar-refractivity contribution is 6.04. The summed E-state index contributed by atoms with van der Waals surface area (Å²) in [5, 5.41) is 12.2. The fourth-order valence-corrected chi connectivity index (χ4v) is 3.24. The monoisotopic (exact) mass is 444 g/mol. The molecule has 0 heterocycles. The van der Waals surface area contributed by atoms with Gasteiger partial charge in [-0.15, -0.1) is 0 Å². The summed E-state index contributed by atoms with van der Waals surface area (Å²) in [4.78, 5) is 37.8. The molecule has 0 fully saturated rings. The maximum Gasteiger partial charge on any atom is 0.329 e. The third-order valence-corrected chi connectivity index (χ3v) is 5.90. The smallest absolute Gasteiger partial charge is 0.329 e. The van der Waals surface area contributed by atoms with Crippen LogP contribution in [0.5, 0.6) is 0 Å². The number of carboxylic acids is 1. The molecule has 0 aliphatic carbocycles. The van der Waals surface area contributed by atoms with E-state index in [0.717, 1.165) is 17.5 Å². The Labute approximate surface area is 193 Å². The first-order valence-corrected chi connectivity index (χ1v) is 10.8. The summed E-state index contributed by atoms with van der Waals surface area (Å²) in [6, 6.07) is 22.0. The summed E-state index contributed by atoms with van der Waals surface area (Å²) in [6.07, 6.45) is 0.926. The van der Waals surface area contributed by atoms with Gasteiger partial charge in [0.2, 0.25) is 0 Å². The van der Waals surface area contributed by atoms with Crippen molar-refractivity contribution >= 4 is 23.5 Å². The standard InChI is InChI=1S/C27H28N2O4/c1-5-18-6-8-21(9-7-18)24(30)28-23-16-14-20(15-17-23)19-10-12-22(13-11-19)25(31)29(4)27(2,3)26(32)33/h6-17H,5H2,1-4H3,(H,28,30)(H,32,33). The van der Waals surface area contributed by atoms with Crippen LogP contribution >= 0.6 is 0 Å². The summed E-state index contributed by atoms with van der Waals surface area (Å²) >= 11 is 0. The molecule has 0 spiro atoms. The predicted octanol–water partition coefficient (Wildman–Crippen LogP) is 5.10. The van der Waals surface area contributed by atoms with Gasteiger partial charge in [-0.1, -0.05) is 43.3 Å². The predicted molar refractivity (Wildman–Crippen MR) is 129 cm³/mol. The van der Waals surface area contributed by atoms with E-state index in [1.165, 1.54) is 31.4 Å². The van der Waals surface area contributed by atoms with Crippen LogP contribution in [0.1, 0.15) is 47.1 Å². The van der Waals surface area contributed by atoms with Crippen LogP contribution in [-0.4, -0.2) is 40.4 Å². The van der Waals surface area contributed by atoms with Crippen molar-refractivity contribution in [1.82, 2.24) is 4.90 Å². The van der Waals surface area contributed by atoms with Gasteiger partial charge in [-0.05, 0) is 73.4 Å². The number of nitrogens with zero attached hydrogens (tertiary/aromatic N) is 1. The quantitative estimate of drug-likeness (QED) is 0.531. The number of likely N-dealkylation sites (N-methyl/N-ethyl adjacent to an activating group) is 1. The van der Waals surface area contributed by atoms with Crippen LogP contribution in [0.25, 0.3) is 11.1 Å². The molecule has 0 aliphatic rings. The van der Waals surface area contributed by atoms with Gasteiger partial charge in [-0.25, -0.2) is 4.79 Å². The lowest BCUT2D eigenvalue weighted by atomic mass is 10.0.